The van der Waals surface area contributed by atoms with Crippen molar-refractivity contribution in [2.75, 3.05) is 19.7 Å². The van der Waals surface area contributed by atoms with Gasteiger partial charge in [0.1, 0.15) is 0 Å². The molecule has 1 rings (SSSR count). The smallest absolute Gasteiger partial charge is 0.0991 e. The van der Waals surface area contributed by atoms with Gasteiger partial charge in [-0.3, -0.25) is 4.90 Å². The molecule has 0 fully saturated rings. The van der Waals surface area contributed by atoms with Gasteiger partial charge in [0, 0.05) is 13.1 Å². The van der Waals surface area contributed by atoms with E-state index < -0.39 is 0 Å². The third-order valence-corrected chi connectivity index (χ3v) is 2.45. The highest BCUT2D eigenvalue weighted by molar-refractivity contribution is 5.31. The molecule has 0 spiro atoms. The molecule has 0 amide bonds. The lowest BCUT2D eigenvalue weighted by Gasteiger charge is -2.20. The van der Waals surface area contributed by atoms with Crippen LogP contribution in [0.2, 0.25) is 0 Å². The highest BCUT2D eigenvalue weighted by atomic mass is 16.3. The predicted octanol–water partition coefficient (Wildman–Crippen LogP) is 1.76. The van der Waals surface area contributed by atoms with E-state index in [9.17, 15) is 0 Å². The predicted molar refractivity (Wildman–Crippen MR) is 63.8 cm³/mol. The van der Waals surface area contributed by atoms with Crippen molar-refractivity contribution in [1.29, 1.82) is 5.26 Å². The summed E-state index contributed by atoms with van der Waals surface area (Å²) in [7, 11) is 0. The van der Waals surface area contributed by atoms with Crippen LogP contribution in [0.15, 0.2) is 24.3 Å². The van der Waals surface area contributed by atoms with Crippen molar-refractivity contribution in [2.24, 2.45) is 0 Å². The molecule has 0 aromatic heterocycles. The van der Waals surface area contributed by atoms with E-state index in [0.29, 0.717) is 12.1 Å². The van der Waals surface area contributed by atoms with Gasteiger partial charge < -0.3 is 5.11 Å². The largest absolute Gasteiger partial charge is 0.395 e. The van der Waals surface area contributed by atoms with Gasteiger partial charge in [0.15, 0.2) is 0 Å². The Morgan fingerprint density at radius 2 is 1.94 bits per heavy atom. The van der Waals surface area contributed by atoms with Crippen LogP contribution in [-0.4, -0.2) is 29.7 Å². The van der Waals surface area contributed by atoms with Crippen LogP contribution in [0.1, 0.15) is 24.5 Å². The van der Waals surface area contributed by atoms with E-state index in [-0.39, 0.29) is 6.61 Å². The topological polar surface area (TPSA) is 47.3 Å². The van der Waals surface area contributed by atoms with Crippen molar-refractivity contribution in [2.45, 2.75) is 19.9 Å². The number of hydrogen-bond donors (Lipinski definition) is 1. The van der Waals surface area contributed by atoms with Crippen molar-refractivity contribution >= 4 is 0 Å². The zero-order chi connectivity index (χ0) is 11.8. The average molecular weight is 218 g/mol. The fourth-order valence-corrected chi connectivity index (χ4v) is 1.67. The molecular formula is C13H18N2O. The lowest BCUT2D eigenvalue weighted by molar-refractivity contribution is 0.190. The number of benzene rings is 1. The normalized spacial score (nSPS) is 10.4. The van der Waals surface area contributed by atoms with Crippen LogP contribution in [0.4, 0.5) is 0 Å². The number of hydrogen-bond acceptors (Lipinski definition) is 3. The Labute approximate surface area is 96.9 Å². The summed E-state index contributed by atoms with van der Waals surface area (Å²) in [5, 5.41) is 17.6. The standard InChI is InChI=1S/C13H18N2O/c1-2-7-15(8-9-16)11-13-5-3-12(10-14)4-6-13/h3-6,16H,2,7-9,11H2,1H3. The first-order valence-electron chi connectivity index (χ1n) is 5.62. The second-order valence-electron chi connectivity index (χ2n) is 3.81. The minimum atomic E-state index is 0.191. The van der Waals surface area contributed by atoms with E-state index in [0.717, 1.165) is 19.5 Å². The molecule has 0 unspecified atom stereocenters. The fourth-order valence-electron chi connectivity index (χ4n) is 1.67. The van der Waals surface area contributed by atoms with Gasteiger partial charge in [-0.25, -0.2) is 0 Å². The van der Waals surface area contributed by atoms with E-state index in [2.05, 4.69) is 17.9 Å². The number of aliphatic hydroxyl groups excluding tert-OH is 1. The molecule has 3 nitrogen and oxygen atoms in total. The molecule has 0 heterocycles. The SMILES string of the molecule is CCCN(CCO)Cc1ccc(C#N)cc1. The van der Waals surface area contributed by atoms with Crippen LogP contribution < -0.4 is 0 Å². The van der Waals surface area contributed by atoms with E-state index >= 15 is 0 Å². The van der Waals surface area contributed by atoms with Gasteiger partial charge in [0.2, 0.25) is 0 Å². The third kappa shape index (κ3) is 4.01. The van der Waals surface area contributed by atoms with Gasteiger partial charge in [0.05, 0.1) is 18.2 Å². The maximum absolute atomic E-state index is 8.94. The van der Waals surface area contributed by atoms with Crippen LogP contribution in [0.3, 0.4) is 0 Å². The van der Waals surface area contributed by atoms with Gasteiger partial charge in [-0.1, -0.05) is 19.1 Å². The zero-order valence-corrected chi connectivity index (χ0v) is 9.69. The molecule has 0 aliphatic rings. The molecule has 0 atom stereocenters. The van der Waals surface area contributed by atoms with Gasteiger partial charge in [0.25, 0.3) is 0 Å². The summed E-state index contributed by atoms with van der Waals surface area (Å²) in [6.07, 6.45) is 1.08. The summed E-state index contributed by atoms with van der Waals surface area (Å²) in [5.41, 5.74) is 1.87. The fraction of sp³-hybridized carbons (Fsp3) is 0.462. The van der Waals surface area contributed by atoms with Gasteiger partial charge >= 0.3 is 0 Å². The maximum Gasteiger partial charge on any atom is 0.0991 e. The van der Waals surface area contributed by atoms with Crippen molar-refractivity contribution in [3.05, 3.63) is 35.4 Å². The Morgan fingerprint density at radius 1 is 1.25 bits per heavy atom. The second-order valence-corrected chi connectivity index (χ2v) is 3.81. The minimum Gasteiger partial charge on any atom is -0.395 e. The number of rotatable bonds is 6. The molecule has 0 aliphatic carbocycles. The summed E-state index contributed by atoms with van der Waals surface area (Å²) >= 11 is 0. The first-order valence-corrected chi connectivity index (χ1v) is 5.62. The van der Waals surface area contributed by atoms with E-state index in [4.69, 9.17) is 10.4 Å². The zero-order valence-electron chi connectivity index (χ0n) is 9.69. The van der Waals surface area contributed by atoms with E-state index in [1.807, 2.05) is 24.3 Å². The number of nitrogens with zero attached hydrogens (tertiary/aromatic N) is 2. The van der Waals surface area contributed by atoms with Gasteiger partial charge in [-0.05, 0) is 30.7 Å². The summed E-state index contributed by atoms with van der Waals surface area (Å²) in [6.45, 7) is 4.84. The third-order valence-electron chi connectivity index (χ3n) is 2.45. The van der Waals surface area contributed by atoms with Crippen molar-refractivity contribution < 1.29 is 5.11 Å². The van der Waals surface area contributed by atoms with E-state index in [1.165, 1.54) is 5.56 Å². The van der Waals surface area contributed by atoms with Crippen molar-refractivity contribution in [3.8, 4) is 6.07 Å². The van der Waals surface area contributed by atoms with Gasteiger partial charge in [-0.2, -0.15) is 5.26 Å². The monoisotopic (exact) mass is 218 g/mol. The van der Waals surface area contributed by atoms with Crippen LogP contribution in [0.25, 0.3) is 0 Å². The first kappa shape index (κ1) is 12.7. The summed E-state index contributed by atoms with van der Waals surface area (Å²) in [6, 6.07) is 9.71. The average Bonchev–Trinajstić information content (AvgIpc) is 2.31. The van der Waals surface area contributed by atoms with E-state index in [1.54, 1.807) is 0 Å². The second kappa shape index (κ2) is 7.00. The van der Waals surface area contributed by atoms with Crippen LogP contribution in [0, 0.1) is 11.3 Å². The molecule has 0 saturated heterocycles. The highest BCUT2D eigenvalue weighted by Gasteiger charge is 2.03. The summed E-state index contributed by atoms with van der Waals surface area (Å²) < 4.78 is 0. The van der Waals surface area contributed by atoms with Crippen LogP contribution in [-0.2, 0) is 6.54 Å². The van der Waals surface area contributed by atoms with Crippen molar-refractivity contribution in [1.82, 2.24) is 4.90 Å². The van der Waals surface area contributed by atoms with Crippen molar-refractivity contribution in [3.63, 3.8) is 0 Å². The lowest BCUT2D eigenvalue weighted by atomic mass is 10.1. The molecule has 3 heteroatoms. The Kier molecular flexibility index (Phi) is 5.55. The van der Waals surface area contributed by atoms with Gasteiger partial charge in [-0.15, -0.1) is 0 Å². The Bertz CT molecular complexity index is 334. The molecule has 1 N–H and O–H groups in total. The van der Waals surface area contributed by atoms with Crippen LogP contribution >= 0.6 is 0 Å². The molecule has 1 aromatic rings. The number of nitriles is 1. The Balaban J connectivity index is 2.59. The molecule has 0 radical (unpaired) electrons. The molecule has 0 aliphatic heterocycles. The quantitative estimate of drug-likeness (QED) is 0.791. The molecule has 1 aromatic carbocycles. The molecule has 16 heavy (non-hydrogen) atoms. The maximum atomic E-state index is 8.94. The first-order chi connectivity index (χ1) is 7.80. The molecule has 0 bridgehead atoms. The lowest BCUT2D eigenvalue weighted by Crippen LogP contribution is -2.27. The Hall–Kier alpha value is -1.37. The number of aliphatic hydroxyl groups is 1. The Morgan fingerprint density at radius 3 is 2.44 bits per heavy atom. The van der Waals surface area contributed by atoms with Crippen LogP contribution in [0.5, 0.6) is 0 Å². The summed E-state index contributed by atoms with van der Waals surface area (Å²) in [5.74, 6) is 0. The summed E-state index contributed by atoms with van der Waals surface area (Å²) in [4.78, 5) is 2.21. The molecule has 0 saturated carbocycles. The minimum absolute atomic E-state index is 0.191. The molecule has 86 valence electrons. The highest BCUT2D eigenvalue weighted by Crippen LogP contribution is 2.07. The molecular weight excluding hydrogens is 200 g/mol.